The molecule has 0 aromatic heterocycles. The zero-order valence-electron chi connectivity index (χ0n) is 13.0. The molecule has 0 atom stereocenters. The third kappa shape index (κ3) is 4.86. The van der Waals surface area contributed by atoms with E-state index in [0.29, 0.717) is 11.6 Å². The highest BCUT2D eigenvalue weighted by molar-refractivity contribution is 6.30. The minimum Gasteiger partial charge on any atom is -0.489 e. The van der Waals surface area contributed by atoms with E-state index >= 15 is 0 Å². The Hall–Kier alpha value is -2.78. The van der Waals surface area contributed by atoms with Crippen LogP contribution in [0.2, 0.25) is 5.02 Å². The molecule has 3 nitrogen and oxygen atoms in total. The molecular weight excluding hydrogens is 320 g/mol. The third-order valence-corrected chi connectivity index (χ3v) is 3.57. The molecule has 0 aliphatic heterocycles. The molecule has 120 valence electrons. The average Bonchev–Trinajstić information content (AvgIpc) is 2.61. The zero-order valence-corrected chi connectivity index (χ0v) is 13.8. The fraction of sp³-hybridized carbons (Fsp3) is 0.0500. The maximum Gasteiger partial charge on any atom is 0.120 e. The van der Waals surface area contributed by atoms with E-state index in [4.69, 9.17) is 16.3 Å². The lowest BCUT2D eigenvalue weighted by Crippen LogP contribution is -1.96. The minimum atomic E-state index is 0.544. The van der Waals surface area contributed by atoms with E-state index < -0.39 is 0 Å². The van der Waals surface area contributed by atoms with Gasteiger partial charge in [0, 0.05) is 5.02 Å². The summed E-state index contributed by atoms with van der Waals surface area (Å²) in [4.78, 5) is 0. The Morgan fingerprint density at radius 1 is 0.917 bits per heavy atom. The smallest absolute Gasteiger partial charge is 0.120 e. The van der Waals surface area contributed by atoms with E-state index in [1.54, 1.807) is 6.21 Å². The van der Waals surface area contributed by atoms with Crippen molar-refractivity contribution in [3.8, 4) is 5.75 Å². The highest BCUT2D eigenvalue weighted by atomic mass is 35.5. The number of nitrogens with one attached hydrogen (secondary N) is 1. The summed E-state index contributed by atoms with van der Waals surface area (Å²) in [6.07, 6.45) is 1.75. The van der Waals surface area contributed by atoms with E-state index in [1.165, 1.54) is 0 Å². The van der Waals surface area contributed by atoms with Crippen LogP contribution in [0.4, 0.5) is 5.69 Å². The average molecular weight is 337 g/mol. The minimum absolute atomic E-state index is 0.544. The van der Waals surface area contributed by atoms with Crippen LogP contribution in [0, 0.1) is 0 Å². The van der Waals surface area contributed by atoms with Gasteiger partial charge in [-0.05, 0) is 41.5 Å². The van der Waals surface area contributed by atoms with E-state index in [1.807, 2.05) is 78.9 Å². The zero-order chi connectivity index (χ0) is 16.6. The Morgan fingerprint density at radius 3 is 2.58 bits per heavy atom. The quantitative estimate of drug-likeness (QED) is 0.485. The lowest BCUT2D eigenvalue weighted by Gasteiger charge is -2.06. The van der Waals surface area contributed by atoms with Crippen LogP contribution in [-0.2, 0) is 6.61 Å². The van der Waals surface area contributed by atoms with Crippen molar-refractivity contribution in [2.75, 3.05) is 5.43 Å². The number of hydrogen-bond acceptors (Lipinski definition) is 3. The molecule has 24 heavy (non-hydrogen) atoms. The molecule has 0 fully saturated rings. The van der Waals surface area contributed by atoms with Crippen molar-refractivity contribution in [3.05, 3.63) is 95.0 Å². The van der Waals surface area contributed by atoms with Crippen LogP contribution in [0.25, 0.3) is 0 Å². The second-order valence-electron chi connectivity index (χ2n) is 5.23. The molecule has 0 unspecified atom stereocenters. The second kappa shape index (κ2) is 8.18. The molecule has 0 bridgehead atoms. The molecule has 0 amide bonds. The van der Waals surface area contributed by atoms with Gasteiger partial charge in [-0.25, -0.2) is 0 Å². The first-order chi connectivity index (χ1) is 11.8. The molecule has 0 radical (unpaired) electrons. The Kier molecular flexibility index (Phi) is 5.48. The summed E-state index contributed by atoms with van der Waals surface area (Å²) < 4.78 is 5.81. The molecule has 4 heteroatoms. The predicted octanol–water partition coefficient (Wildman–Crippen LogP) is 5.37. The van der Waals surface area contributed by atoms with Crippen molar-refractivity contribution in [1.82, 2.24) is 0 Å². The lowest BCUT2D eigenvalue weighted by molar-refractivity contribution is 0.306. The Balaban J connectivity index is 1.59. The molecule has 0 saturated heterocycles. The van der Waals surface area contributed by atoms with Crippen molar-refractivity contribution in [3.63, 3.8) is 0 Å². The van der Waals surface area contributed by atoms with Gasteiger partial charge in [0.2, 0.25) is 0 Å². The number of hydrogen-bond donors (Lipinski definition) is 1. The van der Waals surface area contributed by atoms with Gasteiger partial charge in [0.25, 0.3) is 0 Å². The SMILES string of the molecule is Clc1cccc(NN=Cc2cccc(OCc3ccccc3)c2)c1. The van der Waals surface area contributed by atoms with Crippen LogP contribution in [0.15, 0.2) is 84.0 Å². The van der Waals surface area contributed by atoms with Crippen molar-refractivity contribution < 1.29 is 4.74 Å². The van der Waals surface area contributed by atoms with Gasteiger partial charge < -0.3 is 4.74 Å². The lowest BCUT2D eigenvalue weighted by atomic mass is 10.2. The summed E-state index contributed by atoms with van der Waals surface area (Å²) in [5, 5.41) is 4.90. The fourth-order valence-electron chi connectivity index (χ4n) is 2.16. The number of ether oxygens (including phenoxy) is 1. The second-order valence-corrected chi connectivity index (χ2v) is 5.66. The summed E-state index contributed by atoms with van der Waals surface area (Å²) >= 11 is 5.94. The number of anilines is 1. The first kappa shape index (κ1) is 16.1. The Labute approximate surface area is 146 Å². The van der Waals surface area contributed by atoms with Gasteiger partial charge in [0.1, 0.15) is 12.4 Å². The van der Waals surface area contributed by atoms with Crippen molar-refractivity contribution >= 4 is 23.5 Å². The highest BCUT2D eigenvalue weighted by Crippen LogP contribution is 2.16. The van der Waals surface area contributed by atoms with E-state index in [0.717, 1.165) is 22.6 Å². The Morgan fingerprint density at radius 2 is 1.75 bits per heavy atom. The van der Waals surface area contributed by atoms with E-state index in [2.05, 4.69) is 10.5 Å². The third-order valence-electron chi connectivity index (χ3n) is 3.34. The van der Waals surface area contributed by atoms with Gasteiger partial charge in [-0.15, -0.1) is 0 Å². The topological polar surface area (TPSA) is 33.6 Å². The number of benzene rings is 3. The molecular formula is C20H17ClN2O. The van der Waals surface area contributed by atoms with Crippen LogP contribution in [0.3, 0.4) is 0 Å². The molecule has 3 aromatic rings. The standard InChI is InChI=1S/C20H17ClN2O/c21-18-9-5-10-19(13-18)23-22-14-17-8-4-11-20(12-17)24-15-16-6-2-1-3-7-16/h1-14,23H,15H2. The molecule has 1 N–H and O–H groups in total. The first-order valence-electron chi connectivity index (χ1n) is 7.61. The molecule has 0 saturated carbocycles. The highest BCUT2D eigenvalue weighted by Gasteiger charge is 1.97. The van der Waals surface area contributed by atoms with Crippen LogP contribution >= 0.6 is 11.6 Å². The predicted molar refractivity (Wildman–Crippen MR) is 99.9 cm³/mol. The van der Waals surface area contributed by atoms with E-state index in [-0.39, 0.29) is 0 Å². The van der Waals surface area contributed by atoms with Gasteiger partial charge in [-0.2, -0.15) is 5.10 Å². The number of hydrazone groups is 1. The maximum atomic E-state index is 5.94. The summed E-state index contributed by atoms with van der Waals surface area (Å²) in [6, 6.07) is 25.3. The van der Waals surface area contributed by atoms with Gasteiger partial charge >= 0.3 is 0 Å². The monoisotopic (exact) mass is 336 g/mol. The van der Waals surface area contributed by atoms with Crippen LogP contribution in [0.5, 0.6) is 5.75 Å². The van der Waals surface area contributed by atoms with Crippen LogP contribution in [-0.4, -0.2) is 6.21 Å². The Bertz CT molecular complexity index is 819. The molecule has 0 spiro atoms. The van der Waals surface area contributed by atoms with Crippen molar-refractivity contribution in [2.24, 2.45) is 5.10 Å². The number of rotatable bonds is 6. The fourth-order valence-corrected chi connectivity index (χ4v) is 2.36. The summed E-state index contributed by atoms with van der Waals surface area (Å²) in [7, 11) is 0. The number of halogens is 1. The summed E-state index contributed by atoms with van der Waals surface area (Å²) in [5.74, 6) is 0.811. The summed E-state index contributed by atoms with van der Waals surface area (Å²) in [6.45, 7) is 0.544. The van der Waals surface area contributed by atoms with Crippen molar-refractivity contribution in [2.45, 2.75) is 6.61 Å². The molecule has 3 aromatic carbocycles. The van der Waals surface area contributed by atoms with Crippen molar-refractivity contribution in [1.29, 1.82) is 0 Å². The van der Waals surface area contributed by atoms with Gasteiger partial charge in [-0.3, -0.25) is 5.43 Å². The van der Waals surface area contributed by atoms with Gasteiger partial charge in [0.05, 0.1) is 11.9 Å². The van der Waals surface area contributed by atoms with Crippen LogP contribution in [0.1, 0.15) is 11.1 Å². The number of nitrogens with zero attached hydrogens (tertiary/aromatic N) is 1. The van der Waals surface area contributed by atoms with Crippen LogP contribution < -0.4 is 10.2 Å². The molecule has 0 aliphatic rings. The van der Waals surface area contributed by atoms with Gasteiger partial charge in [-0.1, -0.05) is 60.1 Å². The largest absolute Gasteiger partial charge is 0.489 e. The molecule has 0 heterocycles. The normalized spacial score (nSPS) is 10.7. The first-order valence-corrected chi connectivity index (χ1v) is 7.99. The molecule has 0 aliphatic carbocycles. The van der Waals surface area contributed by atoms with Gasteiger partial charge in [0.15, 0.2) is 0 Å². The summed E-state index contributed by atoms with van der Waals surface area (Å²) in [5.41, 5.74) is 5.89. The molecule has 3 rings (SSSR count). The van der Waals surface area contributed by atoms with E-state index in [9.17, 15) is 0 Å². The maximum absolute atomic E-state index is 5.94.